The molecular weight excluding hydrogens is 240 g/mol. The van der Waals surface area contributed by atoms with Gasteiger partial charge in [-0.05, 0) is 38.1 Å². The Morgan fingerprint density at radius 1 is 1.35 bits per heavy atom. The number of halogens is 1. The van der Waals surface area contributed by atoms with Crippen molar-refractivity contribution in [1.82, 2.24) is 5.32 Å². The number of amides is 1. The molecule has 4 nitrogen and oxygen atoms in total. The fraction of sp³-hybridized carbons (Fsp3) is 0.417. The van der Waals surface area contributed by atoms with Gasteiger partial charge in [0.1, 0.15) is 0 Å². The van der Waals surface area contributed by atoms with E-state index in [1.165, 1.54) is 0 Å². The van der Waals surface area contributed by atoms with Crippen molar-refractivity contribution in [2.24, 2.45) is 0 Å². The molecule has 0 saturated carbocycles. The average Bonchev–Trinajstić information content (AvgIpc) is 2.25. The van der Waals surface area contributed by atoms with E-state index in [1.54, 1.807) is 24.3 Å². The molecule has 0 fully saturated rings. The van der Waals surface area contributed by atoms with E-state index in [0.29, 0.717) is 24.4 Å². The lowest BCUT2D eigenvalue weighted by atomic mass is 10.2. The molecule has 1 amide bonds. The molecule has 0 spiro atoms. The molecule has 17 heavy (non-hydrogen) atoms. The van der Waals surface area contributed by atoms with E-state index in [0.717, 1.165) is 0 Å². The summed E-state index contributed by atoms with van der Waals surface area (Å²) in [5.41, 5.74) is 6.79. The summed E-state index contributed by atoms with van der Waals surface area (Å²) in [5, 5.41) is 2.77. The maximum Gasteiger partial charge on any atom is 0.251 e. The molecule has 0 aliphatic rings. The lowest BCUT2D eigenvalue weighted by Crippen LogP contribution is -2.28. The van der Waals surface area contributed by atoms with E-state index in [1.807, 2.05) is 13.8 Å². The minimum atomic E-state index is -0.104. The molecule has 0 heterocycles. The monoisotopic (exact) mass is 258 g/mol. The van der Waals surface area contributed by atoms with Crippen molar-refractivity contribution in [2.75, 3.05) is 18.9 Å². The summed E-state index contributed by atoms with van der Waals surface area (Å²) in [6.45, 7) is 4.96. The zero-order valence-corrected chi connectivity index (χ0v) is 10.9. The molecule has 0 radical (unpaired) electrons. The number of carbonyl (C=O) groups excluding carboxylic acids is 1. The first kappa shape index (κ1) is 15.7. The van der Waals surface area contributed by atoms with Gasteiger partial charge in [-0.2, -0.15) is 0 Å². The van der Waals surface area contributed by atoms with E-state index in [9.17, 15) is 4.79 Å². The first-order chi connectivity index (χ1) is 7.59. The van der Waals surface area contributed by atoms with Crippen LogP contribution in [0.15, 0.2) is 24.3 Å². The van der Waals surface area contributed by atoms with Gasteiger partial charge >= 0.3 is 0 Å². The van der Waals surface area contributed by atoms with E-state index in [4.69, 9.17) is 10.5 Å². The number of hydrogen-bond donors (Lipinski definition) is 2. The predicted molar refractivity (Wildman–Crippen MR) is 71.5 cm³/mol. The number of nitrogen functional groups attached to an aromatic ring is 1. The predicted octanol–water partition coefficient (Wildman–Crippen LogP) is 1.85. The second kappa shape index (κ2) is 7.92. The molecule has 0 aliphatic heterocycles. The van der Waals surface area contributed by atoms with Crippen LogP contribution < -0.4 is 11.1 Å². The highest BCUT2D eigenvalue weighted by Crippen LogP contribution is 2.04. The van der Waals surface area contributed by atoms with E-state index in [-0.39, 0.29) is 24.4 Å². The molecule has 0 bridgehead atoms. The van der Waals surface area contributed by atoms with Gasteiger partial charge in [0.2, 0.25) is 0 Å². The number of anilines is 1. The molecular formula is C12H19ClN2O2. The Bertz CT molecular complexity index is 339. The normalized spacial score (nSPS) is 9.82. The molecule has 0 aromatic heterocycles. The third-order valence-electron chi connectivity index (χ3n) is 2.01. The van der Waals surface area contributed by atoms with Crippen LogP contribution in [0.5, 0.6) is 0 Å². The zero-order chi connectivity index (χ0) is 12.0. The van der Waals surface area contributed by atoms with Gasteiger partial charge in [0, 0.05) is 17.8 Å². The van der Waals surface area contributed by atoms with Crippen molar-refractivity contribution >= 4 is 24.0 Å². The molecule has 0 aliphatic carbocycles. The van der Waals surface area contributed by atoms with Crippen molar-refractivity contribution in [3.8, 4) is 0 Å². The van der Waals surface area contributed by atoms with Crippen LogP contribution in [0.2, 0.25) is 0 Å². The van der Waals surface area contributed by atoms with E-state index in [2.05, 4.69) is 5.32 Å². The topological polar surface area (TPSA) is 64.3 Å². The van der Waals surface area contributed by atoms with Gasteiger partial charge < -0.3 is 15.8 Å². The highest BCUT2D eigenvalue weighted by atomic mass is 35.5. The van der Waals surface area contributed by atoms with Gasteiger partial charge in [-0.3, -0.25) is 4.79 Å². The van der Waals surface area contributed by atoms with Crippen LogP contribution in [0.4, 0.5) is 5.69 Å². The Labute approximate surface area is 108 Å². The van der Waals surface area contributed by atoms with Crippen LogP contribution in [-0.2, 0) is 4.74 Å². The second-order valence-corrected chi connectivity index (χ2v) is 3.80. The summed E-state index contributed by atoms with van der Waals surface area (Å²) < 4.78 is 5.31. The first-order valence-corrected chi connectivity index (χ1v) is 5.35. The van der Waals surface area contributed by atoms with Gasteiger partial charge in [0.25, 0.3) is 5.91 Å². The number of nitrogens with two attached hydrogens (primary N) is 1. The van der Waals surface area contributed by atoms with E-state index >= 15 is 0 Å². The van der Waals surface area contributed by atoms with Crippen LogP contribution in [0, 0.1) is 0 Å². The summed E-state index contributed by atoms with van der Waals surface area (Å²) in [6.07, 6.45) is 0.188. The Balaban J connectivity index is 0.00000256. The quantitative estimate of drug-likeness (QED) is 0.626. The van der Waals surface area contributed by atoms with Gasteiger partial charge in [0.05, 0.1) is 12.7 Å². The number of rotatable bonds is 5. The molecule has 3 N–H and O–H groups in total. The van der Waals surface area contributed by atoms with Gasteiger partial charge in [0.15, 0.2) is 0 Å². The highest BCUT2D eigenvalue weighted by molar-refractivity contribution is 5.94. The lowest BCUT2D eigenvalue weighted by molar-refractivity contribution is 0.0746. The van der Waals surface area contributed by atoms with E-state index < -0.39 is 0 Å². The largest absolute Gasteiger partial charge is 0.399 e. The Morgan fingerprint density at radius 3 is 2.47 bits per heavy atom. The fourth-order valence-corrected chi connectivity index (χ4v) is 1.20. The molecule has 1 aromatic rings. The SMILES string of the molecule is CC(C)OCCNC(=O)c1ccc(N)cc1.Cl. The summed E-state index contributed by atoms with van der Waals surface area (Å²) in [6, 6.07) is 6.82. The summed E-state index contributed by atoms with van der Waals surface area (Å²) in [4.78, 5) is 11.6. The maximum absolute atomic E-state index is 11.6. The number of ether oxygens (including phenoxy) is 1. The number of benzene rings is 1. The van der Waals surface area contributed by atoms with Crippen molar-refractivity contribution in [3.05, 3.63) is 29.8 Å². The molecule has 96 valence electrons. The van der Waals surface area contributed by atoms with Gasteiger partial charge in [-0.1, -0.05) is 0 Å². The van der Waals surface area contributed by atoms with Crippen molar-refractivity contribution in [1.29, 1.82) is 0 Å². The maximum atomic E-state index is 11.6. The van der Waals surface area contributed by atoms with Gasteiger partial charge in [-0.25, -0.2) is 0 Å². The smallest absolute Gasteiger partial charge is 0.251 e. The third-order valence-corrected chi connectivity index (χ3v) is 2.01. The summed E-state index contributed by atoms with van der Waals surface area (Å²) in [5.74, 6) is -0.104. The van der Waals surface area contributed by atoms with Crippen LogP contribution >= 0.6 is 12.4 Å². The summed E-state index contributed by atoms with van der Waals surface area (Å²) >= 11 is 0. The van der Waals surface area contributed by atoms with Crippen LogP contribution in [0.25, 0.3) is 0 Å². The minimum absolute atomic E-state index is 0. The molecule has 1 rings (SSSR count). The van der Waals surface area contributed by atoms with Crippen molar-refractivity contribution in [3.63, 3.8) is 0 Å². The fourth-order valence-electron chi connectivity index (χ4n) is 1.20. The second-order valence-electron chi connectivity index (χ2n) is 3.80. The summed E-state index contributed by atoms with van der Waals surface area (Å²) in [7, 11) is 0. The number of nitrogens with one attached hydrogen (secondary N) is 1. The van der Waals surface area contributed by atoms with Crippen molar-refractivity contribution in [2.45, 2.75) is 20.0 Å². The van der Waals surface area contributed by atoms with Gasteiger partial charge in [-0.15, -0.1) is 12.4 Å². The molecule has 5 heteroatoms. The average molecular weight is 259 g/mol. The third kappa shape index (κ3) is 6.14. The number of carbonyl (C=O) groups is 1. The Morgan fingerprint density at radius 2 is 1.94 bits per heavy atom. The molecule has 1 aromatic carbocycles. The molecule has 0 unspecified atom stereocenters. The number of hydrogen-bond acceptors (Lipinski definition) is 3. The first-order valence-electron chi connectivity index (χ1n) is 5.35. The van der Waals surface area contributed by atoms with Crippen LogP contribution in [0.3, 0.4) is 0 Å². The molecule has 0 atom stereocenters. The zero-order valence-electron chi connectivity index (χ0n) is 10.1. The standard InChI is InChI=1S/C12H18N2O2.ClH/c1-9(2)16-8-7-14-12(15)10-3-5-11(13)6-4-10;/h3-6,9H,7-8,13H2,1-2H3,(H,14,15);1H. The highest BCUT2D eigenvalue weighted by Gasteiger charge is 2.03. The lowest BCUT2D eigenvalue weighted by Gasteiger charge is -2.08. The van der Waals surface area contributed by atoms with Crippen molar-refractivity contribution < 1.29 is 9.53 Å². The molecule has 0 saturated heterocycles. The Hall–Kier alpha value is -1.26. The Kier molecular flexibility index (Phi) is 7.34. The van der Waals surface area contributed by atoms with Crippen LogP contribution in [-0.4, -0.2) is 25.2 Å². The minimum Gasteiger partial charge on any atom is -0.399 e. The van der Waals surface area contributed by atoms with Crippen LogP contribution in [0.1, 0.15) is 24.2 Å².